The summed E-state index contributed by atoms with van der Waals surface area (Å²) in [5.74, 6) is 0. The molecule has 0 aliphatic rings. The monoisotopic (exact) mass is 268 g/mol. The second-order valence-corrected chi connectivity index (χ2v) is 2.42. The Morgan fingerprint density at radius 1 is 1.08 bits per heavy atom. The molecule has 0 rings (SSSR count). The van der Waals surface area contributed by atoms with E-state index < -0.39 is 5.72 Å². The van der Waals surface area contributed by atoms with E-state index in [2.05, 4.69) is 0 Å². The Hall–Kier alpha value is 0.723. The predicted octanol–water partition coefficient (Wildman–Crippen LogP) is -2.01. The van der Waals surface area contributed by atoms with Gasteiger partial charge in [-0.2, -0.15) is 14.2 Å². The minimum atomic E-state index is -0.875. The van der Waals surface area contributed by atoms with Gasteiger partial charge in [-0.05, 0) is 14.1 Å². The third-order valence-electron chi connectivity index (χ3n) is 1.60. The summed E-state index contributed by atoms with van der Waals surface area (Å²) in [4.78, 5) is 1.69. The summed E-state index contributed by atoms with van der Waals surface area (Å²) in [6.07, 6.45) is 0.653. The van der Waals surface area contributed by atoms with E-state index in [4.69, 9.17) is 10.2 Å². The second kappa shape index (κ2) is 15.2. The van der Waals surface area contributed by atoms with Crippen molar-refractivity contribution in [3.8, 4) is 0 Å². The molecule has 79 valence electrons. The van der Waals surface area contributed by atoms with Crippen LogP contribution in [0, 0.1) is 0 Å². The van der Waals surface area contributed by atoms with Gasteiger partial charge in [0.1, 0.15) is 0 Å². The molecule has 5 heteroatoms. The summed E-state index contributed by atoms with van der Waals surface area (Å²) < 4.78 is 0. The first-order chi connectivity index (χ1) is 5.50. The molecule has 0 aromatic heterocycles. The fourth-order valence-electron chi connectivity index (χ4n) is 0.316. The number of nitrogens with zero attached hydrogens (tertiary/aromatic N) is 1. The molecule has 0 saturated heterocycles. The van der Waals surface area contributed by atoms with Crippen molar-refractivity contribution >= 4 is 0 Å². The van der Waals surface area contributed by atoms with Crippen molar-refractivity contribution in [2.24, 2.45) is 0 Å². The van der Waals surface area contributed by atoms with E-state index in [9.17, 15) is 5.11 Å². The van der Waals surface area contributed by atoms with Gasteiger partial charge in [0.05, 0.1) is 0 Å². The van der Waals surface area contributed by atoms with Gasteiger partial charge in [-0.25, -0.2) is 0 Å². The topological polar surface area (TPSA) is 72.4 Å². The van der Waals surface area contributed by atoms with Gasteiger partial charge in [0.2, 0.25) is 0 Å². The second-order valence-electron chi connectivity index (χ2n) is 2.42. The zero-order valence-corrected chi connectivity index (χ0v) is 11.8. The van der Waals surface area contributed by atoms with Crippen LogP contribution in [-0.4, -0.2) is 38.9 Å². The third-order valence-corrected chi connectivity index (χ3v) is 1.60. The summed E-state index contributed by atoms with van der Waals surface area (Å²) in [6.45, 7) is 3.58. The molecule has 0 aromatic carbocycles. The summed E-state index contributed by atoms with van der Waals surface area (Å²) in [7, 11) is 5.10. The summed E-state index contributed by atoms with van der Waals surface area (Å²) in [5.41, 5.74) is -0.875. The Kier molecular flexibility index (Phi) is 27.5. The van der Waals surface area contributed by atoms with E-state index in [1.807, 2.05) is 6.92 Å². The van der Waals surface area contributed by atoms with Gasteiger partial charge in [-0.3, -0.25) is 0 Å². The maximum absolute atomic E-state index is 11.1. The van der Waals surface area contributed by atoms with E-state index in [-0.39, 0.29) is 26.2 Å². The van der Waals surface area contributed by atoms with Gasteiger partial charge >= 0.3 is 26.2 Å². The molecular weight excluding hydrogens is 249 g/mol. The molecule has 0 spiro atoms. The Bertz CT molecular complexity index is 79.8. The quantitative estimate of drug-likeness (QED) is 0.543. The number of hydrogen-bond acceptors (Lipinski definition) is 4. The summed E-state index contributed by atoms with van der Waals surface area (Å²) >= 11 is 0. The molecule has 0 aliphatic carbocycles. The standard InChI is InChI=1S/C6H14NO.2CH3O.Zr/c1-5-6(2,8)7(3)4;2*1-2;/h5H2,1-4H3;2*1H3;/q3*-1;+3. The van der Waals surface area contributed by atoms with Crippen molar-refractivity contribution in [3.63, 3.8) is 0 Å². The van der Waals surface area contributed by atoms with Gasteiger partial charge < -0.3 is 20.2 Å². The summed E-state index contributed by atoms with van der Waals surface area (Å²) in [6, 6.07) is 0. The average Bonchev–Trinajstić information content (AvgIpc) is 2.11. The molecule has 4 nitrogen and oxygen atoms in total. The minimum Gasteiger partial charge on any atom is -0.857 e. The maximum atomic E-state index is 11.1. The van der Waals surface area contributed by atoms with Gasteiger partial charge in [-0.1, -0.05) is 26.0 Å². The van der Waals surface area contributed by atoms with Crippen molar-refractivity contribution in [1.29, 1.82) is 0 Å². The molecule has 1 radical (unpaired) electrons. The van der Waals surface area contributed by atoms with Crippen molar-refractivity contribution in [1.82, 2.24) is 4.90 Å². The van der Waals surface area contributed by atoms with Crippen LogP contribution in [-0.2, 0) is 26.2 Å². The van der Waals surface area contributed by atoms with Gasteiger partial charge in [-0.15, -0.1) is 0 Å². The fourth-order valence-corrected chi connectivity index (χ4v) is 0.316. The number of rotatable bonds is 2. The fraction of sp³-hybridized carbons (Fsp3) is 1.00. The average molecular weight is 269 g/mol. The smallest absolute Gasteiger partial charge is 0.857 e. The van der Waals surface area contributed by atoms with Crippen molar-refractivity contribution in [2.75, 3.05) is 28.3 Å². The van der Waals surface area contributed by atoms with E-state index in [1.165, 1.54) is 0 Å². The van der Waals surface area contributed by atoms with Crippen molar-refractivity contribution in [3.05, 3.63) is 0 Å². The van der Waals surface area contributed by atoms with Crippen LogP contribution in [0.15, 0.2) is 0 Å². The van der Waals surface area contributed by atoms with E-state index in [0.29, 0.717) is 6.42 Å². The van der Waals surface area contributed by atoms with Crippen LogP contribution < -0.4 is 15.3 Å². The Balaban J connectivity index is -0.0000000712. The van der Waals surface area contributed by atoms with Crippen LogP contribution in [0.3, 0.4) is 0 Å². The minimum absolute atomic E-state index is 0. The molecule has 1 unspecified atom stereocenters. The molecule has 0 aromatic rings. The summed E-state index contributed by atoms with van der Waals surface area (Å²) in [5, 5.41) is 27.6. The number of hydrogen-bond donors (Lipinski definition) is 0. The molecule has 0 aliphatic heterocycles. The molecule has 0 heterocycles. The Morgan fingerprint density at radius 2 is 1.31 bits per heavy atom. The first-order valence-electron chi connectivity index (χ1n) is 3.70. The first kappa shape index (κ1) is 23.5. The van der Waals surface area contributed by atoms with E-state index >= 15 is 0 Å². The SMILES string of the molecule is CCC(C)([O-])N(C)C.C[O-].C[O-].[Zr+3]. The van der Waals surface area contributed by atoms with Gasteiger partial charge in [0.25, 0.3) is 0 Å². The van der Waals surface area contributed by atoms with Gasteiger partial charge in [0, 0.05) is 0 Å². The van der Waals surface area contributed by atoms with E-state index in [0.717, 1.165) is 14.2 Å². The molecular formula is C8H20NO3Zr. The Morgan fingerprint density at radius 3 is 1.31 bits per heavy atom. The largest absolute Gasteiger partial charge is 3.00 e. The van der Waals surface area contributed by atoms with Crippen LogP contribution in [0.4, 0.5) is 0 Å². The first-order valence-corrected chi connectivity index (χ1v) is 3.70. The van der Waals surface area contributed by atoms with Crippen LogP contribution in [0.2, 0.25) is 0 Å². The van der Waals surface area contributed by atoms with E-state index in [1.54, 1.807) is 25.9 Å². The van der Waals surface area contributed by atoms with Gasteiger partial charge in [0.15, 0.2) is 0 Å². The Labute approximate surface area is 101 Å². The van der Waals surface area contributed by atoms with Crippen molar-refractivity contribution in [2.45, 2.75) is 26.0 Å². The maximum Gasteiger partial charge on any atom is 3.00 e. The normalized spacial score (nSPS) is 12.5. The molecule has 13 heavy (non-hydrogen) atoms. The molecule has 0 amide bonds. The molecule has 0 saturated carbocycles. The third kappa shape index (κ3) is 15.5. The molecule has 0 N–H and O–H groups in total. The molecule has 1 atom stereocenters. The zero-order chi connectivity index (χ0) is 10.8. The predicted molar refractivity (Wildman–Crippen MR) is 44.2 cm³/mol. The zero-order valence-electron chi connectivity index (χ0n) is 9.38. The van der Waals surface area contributed by atoms with Crippen LogP contribution in [0.5, 0.6) is 0 Å². The van der Waals surface area contributed by atoms with Crippen molar-refractivity contribution < 1.29 is 41.5 Å². The molecule has 0 bridgehead atoms. The van der Waals surface area contributed by atoms with Crippen LogP contribution in [0.25, 0.3) is 0 Å². The molecule has 0 fully saturated rings. The van der Waals surface area contributed by atoms with Crippen LogP contribution in [0.1, 0.15) is 20.3 Å². The van der Waals surface area contributed by atoms with Crippen LogP contribution >= 0.6 is 0 Å².